The van der Waals surface area contributed by atoms with Gasteiger partial charge in [-0.2, -0.15) is 5.10 Å². The molecule has 5 nitrogen and oxygen atoms in total. The van der Waals surface area contributed by atoms with Crippen LogP contribution in [-0.4, -0.2) is 29.5 Å². The molecule has 1 aliphatic carbocycles. The molecule has 1 aliphatic rings. The first-order valence-corrected chi connectivity index (χ1v) is 9.68. The molecule has 1 aromatic heterocycles. The molecule has 1 saturated carbocycles. The van der Waals surface area contributed by atoms with E-state index in [0.717, 1.165) is 47.4 Å². The molecule has 142 valence electrons. The molecule has 0 bridgehead atoms. The van der Waals surface area contributed by atoms with Crippen molar-refractivity contribution in [3.8, 4) is 11.5 Å². The minimum atomic E-state index is 0.259. The van der Waals surface area contributed by atoms with Crippen molar-refractivity contribution in [3.05, 3.63) is 53.7 Å². The fourth-order valence-electron chi connectivity index (χ4n) is 3.89. The summed E-state index contributed by atoms with van der Waals surface area (Å²) in [4.78, 5) is 0. The SMILES string of the molecule is COc1ccc(CN[C@@H]2CCC[C@H](Oc3ccc4[nH]ncc4c3C)C2)cc1. The first kappa shape index (κ1) is 17.9. The Hall–Kier alpha value is -2.53. The first-order valence-electron chi connectivity index (χ1n) is 9.68. The second kappa shape index (κ2) is 8.01. The number of rotatable bonds is 6. The van der Waals surface area contributed by atoms with Crippen molar-refractivity contribution < 1.29 is 9.47 Å². The highest BCUT2D eigenvalue weighted by Gasteiger charge is 2.23. The number of fused-ring (bicyclic) bond motifs is 1. The van der Waals surface area contributed by atoms with Crippen molar-refractivity contribution in [1.82, 2.24) is 15.5 Å². The van der Waals surface area contributed by atoms with E-state index in [1.165, 1.54) is 18.4 Å². The zero-order valence-electron chi connectivity index (χ0n) is 16.0. The number of hydrogen-bond donors (Lipinski definition) is 2. The van der Waals surface area contributed by atoms with Gasteiger partial charge >= 0.3 is 0 Å². The second-order valence-corrected chi connectivity index (χ2v) is 7.35. The lowest BCUT2D eigenvalue weighted by Gasteiger charge is -2.31. The third-order valence-electron chi connectivity index (χ3n) is 5.52. The highest BCUT2D eigenvalue weighted by Crippen LogP contribution is 2.30. The third-order valence-corrected chi connectivity index (χ3v) is 5.52. The van der Waals surface area contributed by atoms with Crippen LogP contribution in [0.5, 0.6) is 11.5 Å². The van der Waals surface area contributed by atoms with Gasteiger partial charge in [-0.3, -0.25) is 5.10 Å². The molecule has 2 atom stereocenters. The summed E-state index contributed by atoms with van der Waals surface area (Å²) in [5, 5.41) is 12.0. The summed E-state index contributed by atoms with van der Waals surface area (Å²) in [6.07, 6.45) is 6.68. The smallest absolute Gasteiger partial charge is 0.123 e. The largest absolute Gasteiger partial charge is 0.497 e. The summed E-state index contributed by atoms with van der Waals surface area (Å²) in [7, 11) is 1.70. The quantitative estimate of drug-likeness (QED) is 0.681. The number of aryl methyl sites for hydroxylation is 1. The van der Waals surface area contributed by atoms with E-state index in [9.17, 15) is 0 Å². The number of ether oxygens (including phenoxy) is 2. The molecule has 4 rings (SSSR count). The normalized spacial score (nSPS) is 19.9. The van der Waals surface area contributed by atoms with Gasteiger partial charge in [0.1, 0.15) is 17.6 Å². The lowest BCUT2D eigenvalue weighted by molar-refractivity contribution is 0.133. The Labute approximate surface area is 160 Å². The van der Waals surface area contributed by atoms with E-state index in [0.29, 0.717) is 6.04 Å². The Balaban J connectivity index is 1.35. The minimum absolute atomic E-state index is 0.259. The minimum Gasteiger partial charge on any atom is -0.497 e. The fourth-order valence-corrected chi connectivity index (χ4v) is 3.89. The summed E-state index contributed by atoms with van der Waals surface area (Å²) in [5.41, 5.74) is 3.50. The standard InChI is InChI=1S/C22H27N3O2/c1-15-20-14-24-25-21(20)10-11-22(15)27-19-5-3-4-17(12-19)23-13-16-6-8-18(26-2)9-7-16/h6-11,14,17,19,23H,3-5,12-13H2,1-2H3,(H,24,25)/t17-,19+/m1/s1. The fraction of sp³-hybridized carbons (Fsp3) is 0.409. The summed E-state index contributed by atoms with van der Waals surface area (Å²) < 4.78 is 11.6. The molecule has 2 N–H and O–H groups in total. The molecule has 0 unspecified atom stereocenters. The summed E-state index contributed by atoms with van der Waals surface area (Å²) >= 11 is 0. The van der Waals surface area contributed by atoms with E-state index in [4.69, 9.17) is 9.47 Å². The maximum Gasteiger partial charge on any atom is 0.123 e. The van der Waals surface area contributed by atoms with Gasteiger partial charge in [-0.05, 0) is 62.4 Å². The van der Waals surface area contributed by atoms with Crippen LogP contribution in [-0.2, 0) is 6.54 Å². The van der Waals surface area contributed by atoms with Crippen LogP contribution < -0.4 is 14.8 Å². The number of aromatic nitrogens is 2. The Morgan fingerprint density at radius 1 is 1.15 bits per heavy atom. The van der Waals surface area contributed by atoms with Crippen molar-refractivity contribution in [3.63, 3.8) is 0 Å². The molecule has 0 saturated heterocycles. The number of nitrogens with one attached hydrogen (secondary N) is 2. The Kier molecular flexibility index (Phi) is 5.30. The first-order chi connectivity index (χ1) is 13.2. The van der Waals surface area contributed by atoms with Crippen LogP contribution in [0.4, 0.5) is 0 Å². The molecule has 1 heterocycles. The molecular weight excluding hydrogens is 338 g/mol. The van der Waals surface area contributed by atoms with Gasteiger partial charge in [-0.25, -0.2) is 0 Å². The Bertz CT molecular complexity index is 888. The van der Waals surface area contributed by atoms with Crippen LogP contribution in [0.2, 0.25) is 0 Å². The van der Waals surface area contributed by atoms with E-state index < -0.39 is 0 Å². The van der Waals surface area contributed by atoms with E-state index in [1.807, 2.05) is 24.4 Å². The molecule has 2 aromatic carbocycles. The van der Waals surface area contributed by atoms with Crippen molar-refractivity contribution in [2.45, 2.75) is 51.3 Å². The highest BCUT2D eigenvalue weighted by molar-refractivity contribution is 5.83. The number of nitrogens with zero attached hydrogens (tertiary/aromatic N) is 1. The zero-order chi connectivity index (χ0) is 18.6. The number of benzene rings is 2. The van der Waals surface area contributed by atoms with Crippen LogP contribution in [0, 0.1) is 6.92 Å². The van der Waals surface area contributed by atoms with Crippen molar-refractivity contribution in [2.24, 2.45) is 0 Å². The van der Waals surface area contributed by atoms with E-state index in [-0.39, 0.29) is 6.10 Å². The van der Waals surface area contributed by atoms with Crippen LogP contribution >= 0.6 is 0 Å². The zero-order valence-corrected chi connectivity index (χ0v) is 16.0. The van der Waals surface area contributed by atoms with Gasteiger partial charge in [-0.15, -0.1) is 0 Å². The molecule has 0 aliphatic heterocycles. The Morgan fingerprint density at radius 2 is 2.00 bits per heavy atom. The average Bonchev–Trinajstić information content (AvgIpc) is 3.19. The maximum absolute atomic E-state index is 6.38. The molecule has 0 spiro atoms. The predicted octanol–water partition coefficient (Wildman–Crippen LogP) is 4.36. The molecule has 1 fully saturated rings. The van der Waals surface area contributed by atoms with Gasteiger partial charge in [0.25, 0.3) is 0 Å². The van der Waals surface area contributed by atoms with E-state index in [2.05, 4.69) is 40.6 Å². The van der Waals surface area contributed by atoms with Gasteiger partial charge in [0, 0.05) is 23.5 Å². The summed E-state index contributed by atoms with van der Waals surface area (Å²) in [6, 6.07) is 12.9. The van der Waals surface area contributed by atoms with Crippen molar-refractivity contribution in [1.29, 1.82) is 0 Å². The monoisotopic (exact) mass is 365 g/mol. The topological polar surface area (TPSA) is 59.2 Å². The van der Waals surface area contributed by atoms with E-state index >= 15 is 0 Å². The second-order valence-electron chi connectivity index (χ2n) is 7.35. The third kappa shape index (κ3) is 4.08. The number of methoxy groups -OCH3 is 1. The van der Waals surface area contributed by atoms with Crippen LogP contribution in [0.15, 0.2) is 42.6 Å². The highest BCUT2D eigenvalue weighted by atomic mass is 16.5. The van der Waals surface area contributed by atoms with Gasteiger partial charge < -0.3 is 14.8 Å². The number of hydrogen-bond acceptors (Lipinski definition) is 4. The van der Waals surface area contributed by atoms with Gasteiger partial charge in [0.15, 0.2) is 0 Å². The van der Waals surface area contributed by atoms with Crippen molar-refractivity contribution in [2.75, 3.05) is 7.11 Å². The summed E-state index contributed by atoms with van der Waals surface area (Å²) in [5.74, 6) is 1.87. The molecule has 3 aromatic rings. The lowest BCUT2D eigenvalue weighted by Crippen LogP contribution is -2.37. The van der Waals surface area contributed by atoms with Crippen LogP contribution in [0.1, 0.15) is 36.8 Å². The van der Waals surface area contributed by atoms with E-state index in [1.54, 1.807) is 7.11 Å². The summed E-state index contributed by atoms with van der Waals surface area (Å²) in [6.45, 7) is 2.98. The number of aromatic amines is 1. The van der Waals surface area contributed by atoms with Gasteiger partial charge in [0.05, 0.1) is 18.8 Å². The van der Waals surface area contributed by atoms with Gasteiger partial charge in [0.2, 0.25) is 0 Å². The molecule has 0 radical (unpaired) electrons. The number of H-pyrrole nitrogens is 1. The predicted molar refractivity (Wildman–Crippen MR) is 107 cm³/mol. The average molecular weight is 365 g/mol. The van der Waals surface area contributed by atoms with Crippen molar-refractivity contribution >= 4 is 10.9 Å². The Morgan fingerprint density at radius 3 is 2.81 bits per heavy atom. The molecule has 27 heavy (non-hydrogen) atoms. The van der Waals surface area contributed by atoms with Crippen LogP contribution in [0.3, 0.4) is 0 Å². The lowest BCUT2D eigenvalue weighted by atomic mass is 9.92. The molecule has 0 amide bonds. The van der Waals surface area contributed by atoms with Gasteiger partial charge in [-0.1, -0.05) is 12.1 Å². The molecule has 5 heteroatoms. The van der Waals surface area contributed by atoms with Crippen LogP contribution in [0.25, 0.3) is 10.9 Å². The maximum atomic E-state index is 6.38. The molecular formula is C22H27N3O2.